The Balaban J connectivity index is 1.79. The molecule has 1 aliphatic rings. The lowest BCUT2D eigenvalue weighted by Crippen LogP contribution is -2.46. The van der Waals surface area contributed by atoms with Crippen LogP contribution in [0.2, 0.25) is 0 Å². The highest BCUT2D eigenvalue weighted by Gasteiger charge is 2.37. The zero-order chi connectivity index (χ0) is 30.6. The van der Waals surface area contributed by atoms with Crippen molar-refractivity contribution in [3.8, 4) is 23.0 Å². The number of benzene rings is 1. The van der Waals surface area contributed by atoms with Gasteiger partial charge in [0.05, 0.1) is 14.2 Å². The Labute approximate surface area is 245 Å². The molecule has 0 spiro atoms. The zero-order valence-corrected chi connectivity index (χ0v) is 24.9. The van der Waals surface area contributed by atoms with Gasteiger partial charge in [0.15, 0.2) is 17.2 Å². The van der Waals surface area contributed by atoms with Gasteiger partial charge in [-0.3, -0.25) is 9.59 Å². The van der Waals surface area contributed by atoms with Crippen molar-refractivity contribution < 1.29 is 47.5 Å². The molecule has 1 amide bonds. The van der Waals surface area contributed by atoms with Crippen molar-refractivity contribution in [1.82, 2.24) is 10.3 Å². The van der Waals surface area contributed by atoms with Gasteiger partial charge in [0, 0.05) is 25.8 Å². The van der Waals surface area contributed by atoms with Crippen LogP contribution >= 0.6 is 0 Å². The van der Waals surface area contributed by atoms with Crippen LogP contribution in [0.5, 0.6) is 23.0 Å². The van der Waals surface area contributed by atoms with Crippen LogP contribution in [0.3, 0.4) is 0 Å². The van der Waals surface area contributed by atoms with Crippen molar-refractivity contribution in [3.63, 3.8) is 0 Å². The maximum Gasteiger partial charge on any atom is 0.329 e. The summed E-state index contributed by atoms with van der Waals surface area (Å²) in [5.74, 6) is -0.0836. The highest BCUT2D eigenvalue weighted by Crippen LogP contribution is 2.30. The Kier molecular flexibility index (Phi) is 12.2. The van der Waals surface area contributed by atoms with Crippen LogP contribution in [0.4, 0.5) is 0 Å². The number of esters is 2. The second kappa shape index (κ2) is 15.8. The molecule has 1 aromatic heterocycles. The largest absolute Gasteiger partial charge is 0.497 e. The third kappa shape index (κ3) is 9.23. The Morgan fingerprint density at radius 1 is 1.07 bits per heavy atom. The second-order valence-electron chi connectivity index (χ2n) is 10.2. The number of aromatic nitrogens is 1. The summed E-state index contributed by atoms with van der Waals surface area (Å²) in [5, 5.41) is 2.72. The van der Waals surface area contributed by atoms with E-state index >= 15 is 0 Å². The first kappa shape index (κ1) is 32.5. The lowest BCUT2D eigenvalue weighted by atomic mass is 10.0. The minimum absolute atomic E-state index is 0.0290. The van der Waals surface area contributed by atoms with Crippen molar-refractivity contribution >= 4 is 17.8 Å². The highest BCUT2D eigenvalue weighted by molar-refractivity contribution is 5.98. The molecule has 12 nitrogen and oxygen atoms in total. The molecule has 4 atom stereocenters. The van der Waals surface area contributed by atoms with Crippen molar-refractivity contribution in [2.24, 2.45) is 5.92 Å². The van der Waals surface area contributed by atoms with E-state index < -0.39 is 49.0 Å². The quantitative estimate of drug-likeness (QED) is 0.287. The molecule has 1 aromatic carbocycles. The van der Waals surface area contributed by atoms with Gasteiger partial charge in [-0.15, -0.1) is 0 Å². The predicted molar refractivity (Wildman–Crippen MR) is 151 cm³/mol. The lowest BCUT2D eigenvalue weighted by Gasteiger charge is -2.32. The first-order valence-corrected chi connectivity index (χ1v) is 13.9. The molecule has 3 rings (SSSR count). The molecule has 1 aliphatic heterocycles. The van der Waals surface area contributed by atoms with Gasteiger partial charge in [0.2, 0.25) is 6.79 Å². The number of carbonyl (C=O) groups is 3. The maximum atomic E-state index is 13.3. The molecule has 1 N–H and O–H groups in total. The zero-order valence-electron chi connectivity index (χ0n) is 24.9. The van der Waals surface area contributed by atoms with E-state index in [2.05, 4.69) is 10.3 Å². The maximum absolute atomic E-state index is 13.3. The number of pyridine rings is 1. The fourth-order valence-electron chi connectivity index (χ4n) is 4.36. The van der Waals surface area contributed by atoms with E-state index in [-0.39, 0.29) is 29.5 Å². The fourth-order valence-corrected chi connectivity index (χ4v) is 4.36. The van der Waals surface area contributed by atoms with Gasteiger partial charge in [-0.25, -0.2) is 9.78 Å². The minimum atomic E-state index is -0.972. The van der Waals surface area contributed by atoms with E-state index in [1.54, 1.807) is 26.2 Å². The van der Waals surface area contributed by atoms with Crippen LogP contribution in [0.15, 0.2) is 36.5 Å². The monoisotopic (exact) mass is 588 g/mol. The van der Waals surface area contributed by atoms with Crippen LogP contribution in [-0.2, 0) is 23.8 Å². The molecule has 0 saturated carbocycles. The Morgan fingerprint density at radius 2 is 1.79 bits per heavy atom. The summed E-state index contributed by atoms with van der Waals surface area (Å²) in [5.41, 5.74) is -0.138. The molecule has 2 heterocycles. The normalized spacial score (nSPS) is 20.8. The summed E-state index contributed by atoms with van der Waals surface area (Å²) >= 11 is 0. The summed E-state index contributed by atoms with van der Waals surface area (Å²) in [7, 11) is 2.99. The molecule has 1 fully saturated rings. The molecule has 0 radical (unpaired) electrons. The number of hydrogen-bond donors (Lipinski definition) is 1. The number of methoxy groups -OCH3 is 2. The van der Waals surface area contributed by atoms with Crippen molar-refractivity contribution in [2.45, 2.75) is 71.3 Å². The Bertz CT molecular complexity index is 1190. The van der Waals surface area contributed by atoms with Crippen LogP contribution in [0.25, 0.3) is 0 Å². The van der Waals surface area contributed by atoms with Gasteiger partial charge < -0.3 is 38.5 Å². The molecule has 42 heavy (non-hydrogen) atoms. The Morgan fingerprint density at radius 3 is 2.43 bits per heavy atom. The van der Waals surface area contributed by atoms with Gasteiger partial charge in [-0.1, -0.05) is 13.8 Å². The molecule has 4 unspecified atom stereocenters. The standard InChI is InChI=1S/C30H40N2O10/c1-18(2)16-38-27-19(3)41-30(35)23(8-7-9-25(27)42-22-12-10-21(36-5)11-13-22)32-29(34)26-28(40-17-39-20(4)33)24(37-6)14-15-31-26/h10-15,18-19,23,25,27H,7-9,16-17H2,1-6H3,(H,32,34). The summed E-state index contributed by atoms with van der Waals surface area (Å²) < 4.78 is 39.2. The van der Waals surface area contributed by atoms with Crippen LogP contribution in [-0.4, -0.2) is 74.8 Å². The molecule has 0 bridgehead atoms. The number of amides is 1. The van der Waals surface area contributed by atoms with Crippen LogP contribution in [0.1, 0.15) is 57.4 Å². The van der Waals surface area contributed by atoms with Gasteiger partial charge in [0.1, 0.15) is 35.9 Å². The number of nitrogens with zero attached hydrogens (tertiary/aromatic N) is 1. The first-order valence-electron chi connectivity index (χ1n) is 13.9. The van der Waals surface area contributed by atoms with E-state index in [1.807, 2.05) is 26.0 Å². The van der Waals surface area contributed by atoms with Crippen molar-refractivity contribution in [2.75, 3.05) is 27.6 Å². The summed E-state index contributed by atoms with van der Waals surface area (Å²) in [4.78, 5) is 41.9. The molecular weight excluding hydrogens is 548 g/mol. The number of hydrogen-bond acceptors (Lipinski definition) is 11. The van der Waals surface area contributed by atoms with E-state index in [4.69, 9.17) is 33.2 Å². The predicted octanol–water partition coefficient (Wildman–Crippen LogP) is 3.70. The summed E-state index contributed by atoms with van der Waals surface area (Å²) in [6, 6.07) is 7.76. The minimum Gasteiger partial charge on any atom is -0.497 e. The van der Waals surface area contributed by atoms with Gasteiger partial charge >= 0.3 is 11.9 Å². The fraction of sp³-hybridized carbons (Fsp3) is 0.533. The van der Waals surface area contributed by atoms with Gasteiger partial charge in [-0.2, -0.15) is 0 Å². The SMILES string of the molecule is COc1ccc(OC2CCCC(NC(=O)c3nccc(OC)c3OCOC(C)=O)C(=O)OC(C)C2OCC(C)C)cc1. The molecule has 1 saturated heterocycles. The van der Waals surface area contributed by atoms with E-state index in [9.17, 15) is 14.4 Å². The van der Waals surface area contributed by atoms with Gasteiger partial charge in [0.25, 0.3) is 5.91 Å². The summed E-state index contributed by atoms with van der Waals surface area (Å²) in [6.45, 7) is 7.05. The molecule has 230 valence electrons. The number of cyclic esters (lactones) is 1. The topological polar surface area (TPSA) is 141 Å². The average molecular weight is 589 g/mol. The Hall–Kier alpha value is -4.06. The van der Waals surface area contributed by atoms with Gasteiger partial charge in [-0.05, 0) is 56.4 Å². The van der Waals surface area contributed by atoms with E-state index in [0.29, 0.717) is 30.9 Å². The number of nitrogens with one attached hydrogen (secondary N) is 1. The number of ether oxygens (including phenoxy) is 7. The number of rotatable bonds is 12. The third-order valence-electron chi connectivity index (χ3n) is 6.44. The molecule has 0 aliphatic carbocycles. The second-order valence-corrected chi connectivity index (χ2v) is 10.2. The third-order valence-corrected chi connectivity index (χ3v) is 6.44. The molecule has 12 heteroatoms. The van der Waals surface area contributed by atoms with Crippen molar-refractivity contribution in [1.29, 1.82) is 0 Å². The smallest absolute Gasteiger partial charge is 0.329 e. The van der Waals surface area contributed by atoms with Crippen LogP contribution in [0, 0.1) is 5.92 Å². The average Bonchev–Trinajstić information content (AvgIpc) is 3.00. The lowest BCUT2D eigenvalue weighted by molar-refractivity contribution is -0.163. The van der Waals surface area contributed by atoms with E-state index in [0.717, 1.165) is 0 Å². The highest BCUT2D eigenvalue weighted by atomic mass is 16.7. The van der Waals surface area contributed by atoms with Crippen molar-refractivity contribution in [3.05, 3.63) is 42.2 Å². The molecular formula is C30H40N2O10. The van der Waals surface area contributed by atoms with E-state index in [1.165, 1.54) is 26.3 Å². The number of carbonyl (C=O) groups excluding carboxylic acids is 3. The summed E-state index contributed by atoms with van der Waals surface area (Å²) in [6.07, 6.45) is 1.07. The first-order chi connectivity index (χ1) is 20.1. The van der Waals surface area contributed by atoms with Crippen LogP contribution < -0.4 is 24.3 Å². The molecule has 2 aromatic rings.